The Morgan fingerprint density at radius 1 is 1.53 bits per heavy atom. The molecule has 0 aromatic heterocycles. The molecule has 1 N–H and O–H groups in total. The van der Waals surface area contributed by atoms with E-state index in [-0.39, 0.29) is 5.91 Å². The molecule has 0 spiro atoms. The molecule has 4 heteroatoms. The summed E-state index contributed by atoms with van der Waals surface area (Å²) < 4.78 is 5.41. The van der Waals surface area contributed by atoms with Crippen molar-refractivity contribution in [2.45, 2.75) is 6.92 Å². The van der Waals surface area contributed by atoms with Crippen LogP contribution in [0.3, 0.4) is 0 Å². The predicted molar refractivity (Wildman–Crippen MR) is 72.4 cm³/mol. The lowest BCUT2D eigenvalue weighted by Crippen LogP contribution is -2.15. The van der Waals surface area contributed by atoms with Crippen LogP contribution in [-0.4, -0.2) is 24.0 Å². The summed E-state index contributed by atoms with van der Waals surface area (Å²) in [7, 11) is 0. The first-order valence-electron chi connectivity index (χ1n) is 5.30. The SMILES string of the molecule is C#CCSCC(=O)Nc1ccccc1OCC. The zero-order chi connectivity index (χ0) is 12.5. The van der Waals surface area contributed by atoms with Crippen molar-refractivity contribution in [1.82, 2.24) is 0 Å². The molecular weight excluding hydrogens is 234 g/mol. The topological polar surface area (TPSA) is 38.3 Å². The van der Waals surface area contributed by atoms with Crippen molar-refractivity contribution < 1.29 is 9.53 Å². The number of thioether (sulfide) groups is 1. The molecule has 0 aliphatic carbocycles. The molecule has 0 fully saturated rings. The summed E-state index contributed by atoms with van der Waals surface area (Å²) in [5.41, 5.74) is 0.695. The Hall–Kier alpha value is -1.60. The maximum Gasteiger partial charge on any atom is 0.234 e. The molecule has 0 heterocycles. The van der Waals surface area contributed by atoms with Gasteiger partial charge in [0.25, 0.3) is 0 Å². The molecule has 3 nitrogen and oxygen atoms in total. The second kappa shape index (κ2) is 7.64. The lowest BCUT2D eigenvalue weighted by atomic mass is 10.3. The van der Waals surface area contributed by atoms with Crippen LogP contribution in [-0.2, 0) is 4.79 Å². The highest BCUT2D eigenvalue weighted by Crippen LogP contribution is 2.23. The summed E-state index contributed by atoms with van der Waals surface area (Å²) in [6.45, 7) is 2.47. The molecule has 0 radical (unpaired) electrons. The van der Waals surface area contributed by atoms with Crippen molar-refractivity contribution >= 4 is 23.4 Å². The molecule has 0 saturated carbocycles. The van der Waals surface area contributed by atoms with Crippen LogP contribution in [0.4, 0.5) is 5.69 Å². The molecule has 1 aromatic rings. The summed E-state index contributed by atoms with van der Waals surface area (Å²) in [6.07, 6.45) is 5.11. The number of carbonyl (C=O) groups is 1. The molecule has 0 saturated heterocycles. The van der Waals surface area contributed by atoms with Gasteiger partial charge in [0, 0.05) is 0 Å². The number of ether oxygens (including phenoxy) is 1. The third-order valence-corrected chi connectivity index (χ3v) is 2.72. The zero-order valence-corrected chi connectivity index (χ0v) is 10.5. The molecule has 17 heavy (non-hydrogen) atoms. The number of para-hydroxylation sites is 2. The van der Waals surface area contributed by atoms with Gasteiger partial charge < -0.3 is 10.1 Å². The van der Waals surface area contributed by atoms with Crippen LogP contribution in [0.25, 0.3) is 0 Å². The minimum Gasteiger partial charge on any atom is -0.492 e. The van der Waals surface area contributed by atoms with Crippen molar-refractivity contribution in [2.75, 3.05) is 23.4 Å². The minimum atomic E-state index is -0.0718. The van der Waals surface area contributed by atoms with Crippen molar-refractivity contribution in [1.29, 1.82) is 0 Å². The zero-order valence-electron chi connectivity index (χ0n) is 9.73. The fourth-order valence-corrected chi connectivity index (χ4v) is 1.72. The van der Waals surface area contributed by atoms with Gasteiger partial charge in [0.1, 0.15) is 5.75 Å². The van der Waals surface area contributed by atoms with Crippen LogP contribution in [0.15, 0.2) is 24.3 Å². The van der Waals surface area contributed by atoms with Crippen molar-refractivity contribution in [3.63, 3.8) is 0 Å². The fraction of sp³-hybridized carbons (Fsp3) is 0.308. The summed E-state index contributed by atoms with van der Waals surface area (Å²) in [5, 5.41) is 2.80. The first-order valence-corrected chi connectivity index (χ1v) is 6.46. The summed E-state index contributed by atoms with van der Waals surface area (Å²) in [6, 6.07) is 7.36. The Bertz CT molecular complexity index is 412. The van der Waals surface area contributed by atoms with Crippen LogP contribution in [0.2, 0.25) is 0 Å². The monoisotopic (exact) mass is 249 g/mol. The minimum absolute atomic E-state index is 0.0718. The van der Waals surface area contributed by atoms with E-state index in [9.17, 15) is 4.79 Å². The van der Waals surface area contributed by atoms with Gasteiger partial charge in [-0.25, -0.2) is 0 Å². The Kier molecular flexibility index (Phi) is 6.05. The molecule has 1 aromatic carbocycles. The molecular formula is C13H15NO2S. The van der Waals surface area contributed by atoms with E-state index < -0.39 is 0 Å². The molecule has 1 rings (SSSR count). The van der Waals surface area contributed by atoms with E-state index in [4.69, 9.17) is 11.2 Å². The summed E-state index contributed by atoms with van der Waals surface area (Å²) in [5.74, 6) is 3.98. The van der Waals surface area contributed by atoms with E-state index in [1.54, 1.807) is 0 Å². The normalized spacial score (nSPS) is 9.41. The van der Waals surface area contributed by atoms with Gasteiger partial charge in [-0.2, -0.15) is 0 Å². The number of carbonyl (C=O) groups excluding carboxylic acids is 1. The first-order chi connectivity index (χ1) is 8.27. The van der Waals surface area contributed by atoms with Gasteiger partial charge in [-0.05, 0) is 19.1 Å². The lowest BCUT2D eigenvalue weighted by molar-refractivity contribution is -0.113. The summed E-state index contributed by atoms with van der Waals surface area (Å²) >= 11 is 1.41. The largest absolute Gasteiger partial charge is 0.492 e. The van der Waals surface area contributed by atoms with E-state index in [0.717, 1.165) is 0 Å². The average molecular weight is 249 g/mol. The van der Waals surface area contributed by atoms with Gasteiger partial charge in [0.05, 0.1) is 23.8 Å². The average Bonchev–Trinajstić information content (AvgIpc) is 2.32. The molecule has 0 aliphatic heterocycles. The van der Waals surface area contributed by atoms with Crippen molar-refractivity contribution in [2.24, 2.45) is 0 Å². The van der Waals surface area contributed by atoms with Gasteiger partial charge in [-0.3, -0.25) is 4.79 Å². The number of rotatable bonds is 6. The Morgan fingerprint density at radius 3 is 3.00 bits per heavy atom. The van der Waals surface area contributed by atoms with Crippen molar-refractivity contribution in [3.05, 3.63) is 24.3 Å². The smallest absolute Gasteiger partial charge is 0.234 e. The van der Waals surface area contributed by atoms with Crippen LogP contribution in [0.5, 0.6) is 5.75 Å². The number of terminal acetylenes is 1. The van der Waals surface area contributed by atoms with Gasteiger partial charge in [-0.15, -0.1) is 18.2 Å². The number of nitrogens with one attached hydrogen (secondary N) is 1. The van der Waals surface area contributed by atoms with Crippen LogP contribution < -0.4 is 10.1 Å². The standard InChI is InChI=1S/C13H15NO2S/c1-3-9-17-10-13(15)14-11-7-5-6-8-12(11)16-4-2/h1,5-8H,4,9-10H2,2H3,(H,14,15). The van der Waals surface area contributed by atoms with Gasteiger partial charge >= 0.3 is 0 Å². The van der Waals surface area contributed by atoms with Gasteiger partial charge in [0.2, 0.25) is 5.91 Å². The van der Waals surface area contributed by atoms with E-state index >= 15 is 0 Å². The predicted octanol–water partition coefficient (Wildman–Crippen LogP) is 2.39. The number of anilines is 1. The highest BCUT2D eigenvalue weighted by molar-refractivity contribution is 8.00. The molecule has 0 unspecified atom stereocenters. The van der Waals surface area contributed by atoms with E-state index in [1.807, 2.05) is 31.2 Å². The lowest BCUT2D eigenvalue weighted by Gasteiger charge is -2.10. The molecule has 0 aliphatic rings. The second-order valence-corrected chi connectivity index (χ2v) is 4.16. The third kappa shape index (κ3) is 4.83. The van der Waals surface area contributed by atoms with Gasteiger partial charge in [0.15, 0.2) is 0 Å². The Morgan fingerprint density at radius 2 is 2.29 bits per heavy atom. The van der Waals surface area contributed by atoms with E-state index in [2.05, 4.69) is 11.2 Å². The highest BCUT2D eigenvalue weighted by Gasteiger charge is 2.06. The van der Waals surface area contributed by atoms with Crippen LogP contribution in [0, 0.1) is 12.3 Å². The number of benzene rings is 1. The number of hydrogen-bond donors (Lipinski definition) is 1. The molecule has 1 amide bonds. The second-order valence-electron chi connectivity index (χ2n) is 3.17. The molecule has 0 bridgehead atoms. The van der Waals surface area contributed by atoms with Crippen molar-refractivity contribution in [3.8, 4) is 18.1 Å². The maximum absolute atomic E-state index is 11.6. The van der Waals surface area contributed by atoms with Gasteiger partial charge in [-0.1, -0.05) is 18.1 Å². The maximum atomic E-state index is 11.6. The first kappa shape index (κ1) is 13.5. The van der Waals surface area contributed by atoms with E-state index in [1.165, 1.54) is 11.8 Å². The number of hydrogen-bond acceptors (Lipinski definition) is 3. The highest BCUT2D eigenvalue weighted by atomic mass is 32.2. The molecule has 90 valence electrons. The number of amides is 1. The molecule has 0 atom stereocenters. The quantitative estimate of drug-likeness (QED) is 0.621. The van der Waals surface area contributed by atoms with E-state index in [0.29, 0.717) is 29.5 Å². The third-order valence-electron chi connectivity index (χ3n) is 1.88. The Balaban J connectivity index is 2.55. The van der Waals surface area contributed by atoms with Crippen LogP contribution in [0.1, 0.15) is 6.92 Å². The van der Waals surface area contributed by atoms with Crippen LogP contribution >= 0.6 is 11.8 Å². The fourth-order valence-electron chi connectivity index (χ4n) is 1.24. The summed E-state index contributed by atoms with van der Waals surface area (Å²) in [4.78, 5) is 11.6. The Labute approximate surface area is 106 Å².